The molecule has 0 bridgehead atoms. The molecule has 0 fully saturated rings. The summed E-state index contributed by atoms with van der Waals surface area (Å²) in [5.74, 6) is 1.53. The summed E-state index contributed by atoms with van der Waals surface area (Å²) in [5.41, 5.74) is 6.98. The Morgan fingerprint density at radius 3 is 2.48 bits per heavy atom. The molecule has 0 amide bonds. The lowest BCUT2D eigenvalue weighted by Gasteiger charge is -2.10. The summed E-state index contributed by atoms with van der Waals surface area (Å²) in [7, 11) is 0. The van der Waals surface area contributed by atoms with Crippen LogP contribution in [0.4, 0.5) is 0 Å². The van der Waals surface area contributed by atoms with Gasteiger partial charge in [-0.15, -0.1) is 0 Å². The fourth-order valence-corrected chi connectivity index (χ4v) is 3.42. The highest BCUT2D eigenvalue weighted by Gasteiger charge is 2.16. The molecule has 4 heteroatoms. The number of aryl methyl sites for hydroxylation is 2. The molecule has 1 aliphatic rings. The Hall–Kier alpha value is -3.45. The zero-order chi connectivity index (χ0) is 19.0. The van der Waals surface area contributed by atoms with Crippen molar-refractivity contribution in [3.63, 3.8) is 0 Å². The van der Waals surface area contributed by atoms with Crippen LogP contribution in [-0.4, -0.2) is 11.4 Å². The first-order valence-electron chi connectivity index (χ1n) is 8.84. The van der Waals surface area contributed by atoms with E-state index >= 15 is 0 Å². The third-order valence-electron chi connectivity index (χ3n) is 4.87. The number of rotatable bonds is 3. The van der Waals surface area contributed by atoms with Gasteiger partial charge >= 0.3 is 0 Å². The summed E-state index contributed by atoms with van der Waals surface area (Å²) in [5, 5.41) is 9.64. The molecule has 0 spiro atoms. The van der Waals surface area contributed by atoms with Gasteiger partial charge in [0.2, 0.25) is 6.79 Å². The maximum absolute atomic E-state index is 9.64. The van der Waals surface area contributed by atoms with Crippen molar-refractivity contribution in [3.8, 4) is 23.3 Å². The number of ether oxygens (including phenoxy) is 2. The average Bonchev–Trinajstić information content (AvgIpc) is 3.24. The summed E-state index contributed by atoms with van der Waals surface area (Å²) in [6.45, 7) is 6.43. The van der Waals surface area contributed by atoms with E-state index in [0.717, 1.165) is 39.7 Å². The van der Waals surface area contributed by atoms with E-state index in [2.05, 4.69) is 30.6 Å². The molecule has 0 aliphatic carbocycles. The second kappa shape index (κ2) is 6.69. The van der Waals surface area contributed by atoms with E-state index in [1.165, 1.54) is 5.56 Å². The Morgan fingerprint density at radius 1 is 1.00 bits per heavy atom. The lowest BCUT2D eigenvalue weighted by atomic mass is 10.0. The summed E-state index contributed by atoms with van der Waals surface area (Å²) in [4.78, 5) is 0. The molecule has 4 nitrogen and oxygen atoms in total. The second-order valence-corrected chi connectivity index (χ2v) is 6.74. The van der Waals surface area contributed by atoms with Gasteiger partial charge in [-0.3, -0.25) is 0 Å². The summed E-state index contributed by atoms with van der Waals surface area (Å²) in [6, 6.07) is 18.4. The Labute approximate surface area is 158 Å². The Balaban J connectivity index is 1.76. The third-order valence-corrected chi connectivity index (χ3v) is 4.87. The molecule has 3 aromatic rings. The van der Waals surface area contributed by atoms with Crippen molar-refractivity contribution in [1.29, 1.82) is 5.26 Å². The van der Waals surface area contributed by atoms with E-state index in [9.17, 15) is 5.26 Å². The van der Waals surface area contributed by atoms with Gasteiger partial charge in [0.1, 0.15) is 0 Å². The van der Waals surface area contributed by atoms with Gasteiger partial charge in [-0.2, -0.15) is 5.26 Å². The molecule has 0 N–H and O–H groups in total. The molecule has 134 valence electrons. The van der Waals surface area contributed by atoms with Crippen LogP contribution in [0.1, 0.15) is 28.1 Å². The van der Waals surface area contributed by atoms with Crippen LogP contribution < -0.4 is 9.47 Å². The molecule has 1 aromatic heterocycles. The SMILES string of the molecule is Cc1ccc(/C(C#N)=C\c2cc(C)n(-c3ccc4c(c3)OCO4)c2C)cc1. The van der Waals surface area contributed by atoms with Crippen LogP contribution in [0.2, 0.25) is 0 Å². The number of allylic oxidation sites excluding steroid dienone is 1. The summed E-state index contributed by atoms with van der Waals surface area (Å²) >= 11 is 0. The summed E-state index contributed by atoms with van der Waals surface area (Å²) in [6.07, 6.45) is 1.95. The molecule has 4 rings (SSSR count). The molecule has 0 unspecified atom stereocenters. The van der Waals surface area contributed by atoms with Gasteiger partial charge in [-0.25, -0.2) is 0 Å². The first-order chi connectivity index (χ1) is 13.1. The maximum Gasteiger partial charge on any atom is 0.231 e. The predicted octanol–water partition coefficient (Wildman–Crippen LogP) is 5.20. The van der Waals surface area contributed by atoms with Gasteiger partial charge in [0.25, 0.3) is 0 Å². The van der Waals surface area contributed by atoms with Gasteiger partial charge < -0.3 is 14.0 Å². The standard InChI is InChI=1S/C23H20N2O2/c1-15-4-6-18(7-5-15)20(13-24)11-19-10-16(2)25(17(19)3)21-8-9-22-23(12-21)27-14-26-22/h4-12H,14H2,1-3H3/b20-11-. The number of hydrogen-bond donors (Lipinski definition) is 0. The smallest absolute Gasteiger partial charge is 0.231 e. The molecule has 2 heterocycles. The topological polar surface area (TPSA) is 47.2 Å². The van der Waals surface area contributed by atoms with E-state index in [0.29, 0.717) is 5.57 Å². The monoisotopic (exact) mass is 356 g/mol. The molecule has 0 saturated carbocycles. The van der Waals surface area contributed by atoms with Crippen LogP contribution >= 0.6 is 0 Å². The van der Waals surface area contributed by atoms with Crippen LogP contribution in [0, 0.1) is 32.1 Å². The van der Waals surface area contributed by atoms with Gasteiger partial charge in [-0.05, 0) is 56.2 Å². The van der Waals surface area contributed by atoms with Gasteiger partial charge in [-0.1, -0.05) is 29.8 Å². The van der Waals surface area contributed by atoms with Gasteiger partial charge in [0.05, 0.1) is 11.6 Å². The quantitative estimate of drug-likeness (QED) is 0.606. The first-order valence-corrected chi connectivity index (χ1v) is 8.84. The zero-order valence-electron chi connectivity index (χ0n) is 15.6. The van der Waals surface area contributed by atoms with Crippen LogP contribution in [0.25, 0.3) is 17.3 Å². The molecule has 0 atom stereocenters. The van der Waals surface area contributed by atoms with Crippen molar-refractivity contribution < 1.29 is 9.47 Å². The number of fused-ring (bicyclic) bond motifs is 1. The van der Waals surface area contributed by atoms with Crippen molar-refractivity contribution in [2.45, 2.75) is 20.8 Å². The molecular weight excluding hydrogens is 336 g/mol. The molecule has 1 aliphatic heterocycles. The predicted molar refractivity (Wildman–Crippen MR) is 106 cm³/mol. The van der Waals surface area contributed by atoms with Crippen molar-refractivity contribution >= 4 is 11.6 Å². The van der Waals surface area contributed by atoms with E-state index in [1.54, 1.807) is 0 Å². The van der Waals surface area contributed by atoms with Crippen molar-refractivity contribution in [2.24, 2.45) is 0 Å². The minimum atomic E-state index is 0.262. The molecular formula is C23H20N2O2. The number of hydrogen-bond acceptors (Lipinski definition) is 3. The van der Waals surface area contributed by atoms with Crippen LogP contribution in [0.15, 0.2) is 48.5 Å². The molecule has 0 saturated heterocycles. The lowest BCUT2D eigenvalue weighted by molar-refractivity contribution is 0.174. The normalized spacial score (nSPS) is 12.9. The minimum absolute atomic E-state index is 0.262. The number of nitriles is 1. The number of aromatic nitrogens is 1. The van der Waals surface area contributed by atoms with Crippen molar-refractivity contribution in [2.75, 3.05) is 6.79 Å². The zero-order valence-corrected chi connectivity index (χ0v) is 15.6. The summed E-state index contributed by atoms with van der Waals surface area (Å²) < 4.78 is 13.1. The number of benzene rings is 2. The maximum atomic E-state index is 9.64. The van der Waals surface area contributed by atoms with E-state index in [-0.39, 0.29) is 6.79 Å². The molecule has 0 radical (unpaired) electrons. The Kier molecular flexibility index (Phi) is 4.21. The molecule has 27 heavy (non-hydrogen) atoms. The van der Waals surface area contributed by atoms with Crippen LogP contribution in [-0.2, 0) is 0 Å². The van der Waals surface area contributed by atoms with Gasteiger partial charge in [0, 0.05) is 23.1 Å². The lowest BCUT2D eigenvalue weighted by Crippen LogP contribution is -1.99. The fraction of sp³-hybridized carbons (Fsp3) is 0.174. The average molecular weight is 356 g/mol. The van der Waals surface area contributed by atoms with Crippen molar-refractivity contribution in [3.05, 3.63) is 76.6 Å². The van der Waals surface area contributed by atoms with Crippen LogP contribution in [0.3, 0.4) is 0 Å². The number of nitrogens with zero attached hydrogens (tertiary/aromatic N) is 2. The Bertz CT molecular complexity index is 1080. The molecule has 2 aromatic carbocycles. The highest BCUT2D eigenvalue weighted by Crippen LogP contribution is 2.35. The fourth-order valence-electron chi connectivity index (χ4n) is 3.42. The highest BCUT2D eigenvalue weighted by atomic mass is 16.7. The van der Waals surface area contributed by atoms with E-state index < -0.39 is 0 Å². The van der Waals surface area contributed by atoms with Crippen LogP contribution in [0.5, 0.6) is 11.5 Å². The van der Waals surface area contributed by atoms with E-state index in [4.69, 9.17) is 9.47 Å². The Morgan fingerprint density at radius 2 is 1.74 bits per heavy atom. The van der Waals surface area contributed by atoms with E-state index in [1.807, 2.05) is 55.5 Å². The highest BCUT2D eigenvalue weighted by molar-refractivity contribution is 5.90. The third kappa shape index (κ3) is 3.09. The second-order valence-electron chi connectivity index (χ2n) is 6.74. The van der Waals surface area contributed by atoms with Gasteiger partial charge in [0.15, 0.2) is 11.5 Å². The first kappa shape index (κ1) is 17.0. The largest absolute Gasteiger partial charge is 0.454 e. The van der Waals surface area contributed by atoms with Crippen molar-refractivity contribution in [1.82, 2.24) is 4.57 Å². The minimum Gasteiger partial charge on any atom is -0.454 e.